The first kappa shape index (κ1) is 14.4. The summed E-state index contributed by atoms with van der Waals surface area (Å²) in [6.07, 6.45) is 0. The van der Waals surface area contributed by atoms with Gasteiger partial charge in [-0.15, -0.1) is 0 Å². The first-order chi connectivity index (χ1) is 9.56. The lowest BCUT2D eigenvalue weighted by molar-refractivity contribution is 0.103. The van der Waals surface area contributed by atoms with Crippen molar-refractivity contribution in [2.75, 3.05) is 20.0 Å². The molecule has 0 aliphatic heterocycles. The number of carbonyl (C=O) groups excluding carboxylic acids is 1. The fourth-order valence-electron chi connectivity index (χ4n) is 1.85. The molecular weight excluding hydrogens is 322 g/mol. The van der Waals surface area contributed by atoms with Crippen molar-refractivity contribution in [2.45, 2.75) is 0 Å². The molecule has 2 N–H and O–H groups in total. The van der Waals surface area contributed by atoms with Crippen LogP contribution < -0.4 is 15.2 Å². The van der Waals surface area contributed by atoms with Gasteiger partial charge in [-0.1, -0.05) is 15.9 Å². The Morgan fingerprint density at radius 2 is 1.75 bits per heavy atom. The molecule has 0 spiro atoms. The molecule has 2 aromatic rings. The van der Waals surface area contributed by atoms with Crippen molar-refractivity contribution in [1.29, 1.82) is 0 Å². The van der Waals surface area contributed by atoms with E-state index >= 15 is 0 Å². The lowest BCUT2D eigenvalue weighted by atomic mass is 10.0. The molecule has 0 heterocycles. The Kier molecular flexibility index (Phi) is 4.29. The summed E-state index contributed by atoms with van der Waals surface area (Å²) < 4.78 is 11.1. The largest absolute Gasteiger partial charge is 0.493 e. The van der Waals surface area contributed by atoms with Crippen LogP contribution in [-0.4, -0.2) is 20.0 Å². The molecule has 0 bridgehead atoms. The zero-order valence-corrected chi connectivity index (χ0v) is 12.7. The minimum absolute atomic E-state index is 0.134. The molecule has 0 fully saturated rings. The van der Waals surface area contributed by atoms with Crippen LogP contribution in [0.5, 0.6) is 11.5 Å². The monoisotopic (exact) mass is 335 g/mol. The van der Waals surface area contributed by atoms with E-state index in [9.17, 15) is 4.79 Å². The molecule has 0 radical (unpaired) electrons. The van der Waals surface area contributed by atoms with Crippen LogP contribution in [0.1, 0.15) is 15.9 Å². The van der Waals surface area contributed by atoms with Crippen LogP contribution >= 0.6 is 15.9 Å². The van der Waals surface area contributed by atoms with Gasteiger partial charge in [0.25, 0.3) is 0 Å². The molecule has 2 aromatic carbocycles. The van der Waals surface area contributed by atoms with E-state index in [0.29, 0.717) is 32.8 Å². The molecule has 5 heteroatoms. The number of hydrogen-bond donors (Lipinski definition) is 1. The van der Waals surface area contributed by atoms with Crippen molar-refractivity contribution in [2.24, 2.45) is 0 Å². The van der Waals surface area contributed by atoms with Crippen LogP contribution in [0.15, 0.2) is 40.9 Å². The summed E-state index contributed by atoms with van der Waals surface area (Å²) in [5, 5.41) is 0. The number of anilines is 1. The molecule has 0 aliphatic carbocycles. The summed E-state index contributed by atoms with van der Waals surface area (Å²) >= 11 is 3.36. The van der Waals surface area contributed by atoms with Gasteiger partial charge in [-0.2, -0.15) is 0 Å². The number of nitrogen functional groups attached to an aromatic ring is 1. The van der Waals surface area contributed by atoms with E-state index in [4.69, 9.17) is 15.2 Å². The van der Waals surface area contributed by atoms with Crippen LogP contribution in [0, 0.1) is 0 Å². The topological polar surface area (TPSA) is 61.5 Å². The highest BCUT2D eigenvalue weighted by atomic mass is 79.9. The summed E-state index contributed by atoms with van der Waals surface area (Å²) in [4.78, 5) is 12.5. The average molecular weight is 336 g/mol. The third kappa shape index (κ3) is 2.77. The number of carbonyl (C=O) groups is 1. The smallest absolute Gasteiger partial charge is 0.194 e. The predicted molar refractivity (Wildman–Crippen MR) is 81.5 cm³/mol. The first-order valence-corrected chi connectivity index (χ1v) is 6.68. The van der Waals surface area contributed by atoms with Gasteiger partial charge in [0.05, 0.1) is 14.2 Å². The summed E-state index contributed by atoms with van der Waals surface area (Å²) in [5.74, 6) is 0.958. The normalized spacial score (nSPS) is 10.2. The molecule has 4 nitrogen and oxygen atoms in total. The Bertz CT molecular complexity index is 656. The van der Waals surface area contributed by atoms with Crippen molar-refractivity contribution in [3.05, 3.63) is 52.0 Å². The highest BCUT2D eigenvalue weighted by Crippen LogP contribution is 2.30. The molecule has 0 aromatic heterocycles. The Balaban J connectivity index is 2.45. The van der Waals surface area contributed by atoms with Crippen LogP contribution in [0.4, 0.5) is 5.69 Å². The fourth-order valence-corrected chi connectivity index (χ4v) is 2.28. The van der Waals surface area contributed by atoms with Gasteiger partial charge in [0, 0.05) is 21.3 Å². The Morgan fingerprint density at radius 3 is 2.40 bits per heavy atom. The number of ketones is 1. The minimum Gasteiger partial charge on any atom is -0.493 e. The van der Waals surface area contributed by atoms with Gasteiger partial charge >= 0.3 is 0 Å². The second-order valence-corrected chi connectivity index (χ2v) is 4.99. The zero-order valence-electron chi connectivity index (χ0n) is 11.1. The SMILES string of the molecule is COc1ccc(C(=O)c2cc(N)ccc2Br)cc1OC. The minimum atomic E-state index is -0.134. The van der Waals surface area contributed by atoms with E-state index in [-0.39, 0.29) is 5.78 Å². The first-order valence-electron chi connectivity index (χ1n) is 5.88. The molecule has 0 atom stereocenters. The lowest BCUT2D eigenvalue weighted by Gasteiger charge is -2.10. The number of rotatable bonds is 4. The van der Waals surface area contributed by atoms with Crippen molar-refractivity contribution in [3.8, 4) is 11.5 Å². The van der Waals surface area contributed by atoms with Gasteiger partial charge < -0.3 is 15.2 Å². The third-order valence-corrected chi connectivity index (χ3v) is 3.57. The second-order valence-electron chi connectivity index (χ2n) is 4.14. The molecule has 0 unspecified atom stereocenters. The summed E-state index contributed by atoms with van der Waals surface area (Å²) in [5.41, 5.74) is 7.29. The quantitative estimate of drug-likeness (QED) is 0.688. The van der Waals surface area contributed by atoms with Crippen molar-refractivity contribution < 1.29 is 14.3 Å². The molecule has 2 rings (SSSR count). The number of halogens is 1. The van der Waals surface area contributed by atoms with E-state index in [1.807, 2.05) is 0 Å². The molecule has 0 aliphatic rings. The summed E-state index contributed by atoms with van der Waals surface area (Å²) in [7, 11) is 3.08. The molecule has 0 amide bonds. The van der Waals surface area contributed by atoms with Crippen molar-refractivity contribution in [3.63, 3.8) is 0 Å². The van der Waals surface area contributed by atoms with Gasteiger partial charge in [-0.3, -0.25) is 4.79 Å². The molecular formula is C15H14BrNO3. The number of methoxy groups -OCH3 is 2. The zero-order chi connectivity index (χ0) is 14.7. The van der Waals surface area contributed by atoms with E-state index in [1.165, 1.54) is 7.11 Å². The van der Waals surface area contributed by atoms with Gasteiger partial charge in [0.1, 0.15) is 0 Å². The lowest BCUT2D eigenvalue weighted by Crippen LogP contribution is -2.04. The Morgan fingerprint density at radius 1 is 1.05 bits per heavy atom. The summed E-state index contributed by atoms with van der Waals surface area (Å²) in [6, 6.07) is 10.2. The predicted octanol–water partition coefficient (Wildman–Crippen LogP) is 3.28. The van der Waals surface area contributed by atoms with E-state index in [0.717, 1.165) is 0 Å². The number of hydrogen-bond acceptors (Lipinski definition) is 4. The Hall–Kier alpha value is -2.01. The Labute approximate surface area is 125 Å². The molecule has 20 heavy (non-hydrogen) atoms. The van der Waals surface area contributed by atoms with Gasteiger partial charge in [-0.05, 0) is 36.4 Å². The van der Waals surface area contributed by atoms with E-state index < -0.39 is 0 Å². The number of nitrogens with two attached hydrogens (primary N) is 1. The van der Waals surface area contributed by atoms with Crippen LogP contribution in [0.3, 0.4) is 0 Å². The fraction of sp³-hybridized carbons (Fsp3) is 0.133. The van der Waals surface area contributed by atoms with E-state index in [2.05, 4.69) is 15.9 Å². The van der Waals surface area contributed by atoms with E-state index in [1.54, 1.807) is 43.5 Å². The van der Waals surface area contributed by atoms with Crippen molar-refractivity contribution >= 4 is 27.4 Å². The van der Waals surface area contributed by atoms with Crippen LogP contribution in [0.2, 0.25) is 0 Å². The molecule has 0 saturated heterocycles. The van der Waals surface area contributed by atoms with Gasteiger partial charge in [0.15, 0.2) is 17.3 Å². The average Bonchev–Trinajstić information content (AvgIpc) is 2.48. The maximum atomic E-state index is 12.5. The highest BCUT2D eigenvalue weighted by Gasteiger charge is 2.15. The van der Waals surface area contributed by atoms with Crippen LogP contribution in [-0.2, 0) is 0 Å². The molecule has 0 saturated carbocycles. The highest BCUT2D eigenvalue weighted by molar-refractivity contribution is 9.10. The maximum absolute atomic E-state index is 12.5. The summed E-state index contributed by atoms with van der Waals surface area (Å²) in [6.45, 7) is 0. The van der Waals surface area contributed by atoms with Crippen molar-refractivity contribution in [1.82, 2.24) is 0 Å². The van der Waals surface area contributed by atoms with Gasteiger partial charge in [-0.25, -0.2) is 0 Å². The number of benzene rings is 2. The molecule has 104 valence electrons. The van der Waals surface area contributed by atoms with Gasteiger partial charge in [0.2, 0.25) is 0 Å². The third-order valence-electron chi connectivity index (χ3n) is 2.88. The van der Waals surface area contributed by atoms with Crippen LogP contribution in [0.25, 0.3) is 0 Å². The standard InChI is InChI=1S/C15H14BrNO3/c1-19-13-6-3-9(7-14(13)20-2)15(18)11-8-10(17)4-5-12(11)16/h3-8H,17H2,1-2H3. The second kappa shape index (κ2) is 5.96. The maximum Gasteiger partial charge on any atom is 0.194 e. The number of ether oxygens (including phenoxy) is 2.